The molecule has 0 bridgehead atoms. The van der Waals surface area contributed by atoms with Crippen LogP contribution in [0.2, 0.25) is 0 Å². The molecule has 0 saturated heterocycles. The van der Waals surface area contributed by atoms with Gasteiger partial charge in [0.25, 0.3) is 0 Å². The first-order valence-electron chi connectivity index (χ1n) is 7.20. The monoisotopic (exact) mass is 277 g/mol. The van der Waals surface area contributed by atoms with E-state index >= 15 is 0 Å². The van der Waals surface area contributed by atoms with Crippen LogP contribution in [0.5, 0.6) is 0 Å². The van der Waals surface area contributed by atoms with Gasteiger partial charge in [0.2, 0.25) is 0 Å². The normalized spacial score (nSPS) is 12.5. The molecule has 106 valence electrons. The van der Waals surface area contributed by atoms with Crippen LogP contribution in [0, 0.1) is 6.92 Å². The van der Waals surface area contributed by atoms with Crippen molar-refractivity contribution >= 4 is 10.9 Å². The molecule has 1 atom stereocenters. The summed E-state index contributed by atoms with van der Waals surface area (Å²) in [6.07, 6.45) is 4.63. The molecule has 1 N–H and O–H groups in total. The van der Waals surface area contributed by atoms with Gasteiger partial charge in [-0.2, -0.15) is 0 Å². The lowest BCUT2D eigenvalue weighted by molar-refractivity contribution is 0.581. The fourth-order valence-corrected chi connectivity index (χ4v) is 2.67. The van der Waals surface area contributed by atoms with Crippen LogP contribution in [0.3, 0.4) is 0 Å². The van der Waals surface area contributed by atoms with Gasteiger partial charge in [0, 0.05) is 35.9 Å². The highest BCUT2D eigenvalue weighted by Gasteiger charge is 2.13. The fourth-order valence-electron chi connectivity index (χ4n) is 2.67. The van der Waals surface area contributed by atoms with Crippen molar-refractivity contribution in [3.05, 3.63) is 71.7 Å². The number of aromatic nitrogens is 2. The Hall–Kier alpha value is -2.26. The molecular formula is C18H19N3. The van der Waals surface area contributed by atoms with Crippen LogP contribution < -0.4 is 5.32 Å². The number of hydrogen-bond donors (Lipinski definition) is 1. The van der Waals surface area contributed by atoms with E-state index in [1.165, 1.54) is 16.5 Å². The topological polar surface area (TPSA) is 37.8 Å². The lowest BCUT2D eigenvalue weighted by Gasteiger charge is -2.18. The van der Waals surface area contributed by atoms with Crippen molar-refractivity contribution in [3.8, 4) is 0 Å². The Morgan fingerprint density at radius 1 is 1.10 bits per heavy atom. The molecule has 2 aromatic heterocycles. The third kappa shape index (κ3) is 2.93. The van der Waals surface area contributed by atoms with Gasteiger partial charge in [-0.1, -0.05) is 24.3 Å². The maximum absolute atomic E-state index is 4.76. The molecule has 0 saturated carbocycles. The van der Waals surface area contributed by atoms with Gasteiger partial charge in [-0.15, -0.1) is 0 Å². The van der Waals surface area contributed by atoms with Gasteiger partial charge in [0.05, 0.1) is 5.52 Å². The lowest BCUT2D eigenvalue weighted by atomic mass is 9.99. The first-order chi connectivity index (χ1) is 10.3. The number of rotatable bonds is 4. The number of aryl methyl sites for hydroxylation is 1. The molecule has 0 amide bonds. The van der Waals surface area contributed by atoms with Crippen LogP contribution in [-0.2, 0) is 6.42 Å². The Balaban J connectivity index is 1.90. The van der Waals surface area contributed by atoms with E-state index in [9.17, 15) is 0 Å². The Morgan fingerprint density at radius 2 is 1.95 bits per heavy atom. The maximum Gasteiger partial charge on any atom is 0.0705 e. The summed E-state index contributed by atoms with van der Waals surface area (Å²) in [7, 11) is 1.99. The van der Waals surface area contributed by atoms with Crippen LogP contribution in [0.15, 0.2) is 54.9 Å². The number of fused-ring (bicyclic) bond motifs is 1. The Morgan fingerprint density at radius 3 is 2.76 bits per heavy atom. The molecule has 3 nitrogen and oxygen atoms in total. The van der Waals surface area contributed by atoms with Gasteiger partial charge in [-0.3, -0.25) is 9.97 Å². The van der Waals surface area contributed by atoms with Crippen molar-refractivity contribution in [3.63, 3.8) is 0 Å². The number of hydrogen-bond acceptors (Lipinski definition) is 3. The van der Waals surface area contributed by atoms with E-state index in [0.29, 0.717) is 0 Å². The molecule has 1 aromatic carbocycles. The molecule has 0 aliphatic rings. The number of benzene rings is 1. The molecular weight excluding hydrogens is 258 g/mol. The van der Waals surface area contributed by atoms with Crippen molar-refractivity contribution in [2.75, 3.05) is 7.05 Å². The minimum Gasteiger partial charge on any atom is -0.313 e. The summed E-state index contributed by atoms with van der Waals surface area (Å²) in [6, 6.07) is 14.8. The number of pyridine rings is 2. The van der Waals surface area contributed by atoms with Crippen LogP contribution in [0.25, 0.3) is 10.9 Å². The van der Waals surface area contributed by atoms with E-state index in [4.69, 9.17) is 4.98 Å². The lowest BCUT2D eigenvalue weighted by Crippen LogP contribution is -2.20. The molecule has 3 rings (SSSR count). The van der Waals surface area contributed by atoms with Crippen molar-refractivity contribution in [2.45, 2.75) is 19.4 Å². The predicted octanol–water partition coefficient (Wildman–Crippen LogP) is 3.44. The molecule has 0 aliphatic carbocycles. The molecule has 0 aliphatic heterocycles. The van der Waals surface area contributed by atoms with Gasteiger partial charge in [0.1, 0.15) is 0 Å². The van der Waals surface area contributed by atoms with Crippen molar-refractivity contribution in [2.24, 2.45) is 0 Å². The van der Waals surface area contributed by atoms with Crippen LogP contribution in [0.4, 0.5) is 0 Å². The average molecular weight is 277 g/mol. The summed E-state index contributed by atoms with van der Waals surface area (Å²) >= 11 is 0. The second-order valence-electron chi connectivity index (χ2n) is 5.27. The third-order valence-corrected chi connectivity index (χ3v) is 3.86. The molecule has 0 fully saturated rings. The summed E-state index contributed by atoms with van der Waals surface area (Å²) in [6.45, 7) is 2.10. The fraction of sp³-hybridized carbons (Fsp3) is 0.222. The predicted molar refractivity (Wildman–Crippen MR) is 86.2 cm³/mol. The molecule has 2 heterocycles. The van der Waals surface area contributed by atoms with Crippen LogP contribution in [0.1, 0.15) is 22.9 Å². The summed E-state index contributed by atoms with van der Waals surface area (Å²) < 4.78 is 0. The largest absolute Gasteiger partial charge is 0.313 e. The molecule has 1 unspecified atom stereocenters. The summed E-state index contributed by atoms with van der Waals surface area (Å²) in [5, 5.41) is 4.57. The average Bonchev–Trinajstić information content (AvgIpc) is 2.53. The number of nitrogens with one attached hydrogen (secondary N) is 1. The van der Waals surface area contributed by atoms with E-state index in [-0.39, 0.29) is 6.04 Å². The highest BCUT2D eigenvalue weighted by Crippen LogP contribution is 2.21. The van der Waals surface area contributed by atoms with Gasteiger partial charge in [0.15, 0.2) is 0 Å². The highest BCUT2D eigenvalue weighted by molar-refractivity contribution is 5.78. The number of nitrogens with zero attached hydrogens (tertiary/aromatic N) is 2. The Labute approximate surface area is 125 Å². The second-order valence-corrected chi connectivity index (χ2v) is 5.27. The Bertz CT molecular complexity index is 752. The molecule has 0 spiro atoms. The zero-order chi connectivity index (χ0) is 14.7. The summed E-state index contributed by atoms with van der Waals surface area (Å²) in [5.74, 6) is 0. The quantitative estimate of drug-likeness (QED) is 0.794. The van der Waals surface area contributed by atoms with Gasteiger partial charge >= 0.3 is 0 Å². The summed E-state index contributed by atoms with van der Waals surface area (Å²) in [5.41, 5.74) is 4.64. The minimum absolute atomic E-state index is 0.252. The van der Waals surface area contributed by atoms with E-state index < -0.39 is 0 Å². The number of likely N-dealkylation sites (N-methyl/N-ethyl adjacent to an activating group) is 1. The Kier molecular flexibility index (Phi) is 3.93. The molecule has 21 heavy (non-hydrogen) atoms. The molecule has 3 heteroatoms. The smallest absolute Gasteiger partial charge is 0.0705 e. The zero-order valence-corrected chi connectivity index (χ0v) is 12.4. The number of para-hydroxylation sites is 1. The molecule has 3 aromatic rings. The third-order valence-electron chi connectivity index (χ3n) is 3.86. The first kappa shape index (κ1) is 13.7. The van der Waals surface area contributed by atoms with E-state index in [0.717, 1.165) is 17.6 Å². The molecule has 0 radical (unpaired) electrons. The van der Waals surface area contributed by atoms with E-state index in [1.807, 2.05) is 31.6 Å². The van der Waals surface area contributed by atoms with Crippen LogP contribution >= 0.6 is 0 Å². The minimum atomic E-state index is 0.252. The highest BCUT2D eigenvalue weighted by atomic mass is 14.9. The van der Waals surface area contributed by atoms with Crippen LogP contribution in [-0.4, -0.2) is 17.0 Å². The van der Waals surface area contributed by atoms with Crippen molar-refractivity contribution in [1.29, 1.82) is 0 Å². The van der Waals surface area contributed by atoms with E-state index in [1.54, 1.807) is 0 Å². The summed E-state index contributed by atoms with van der Waals surface area (Å²) in [4.78, 5) is 8.93. The van der Waals surface area contributed by atoms with Gasteiger partial charge in [-0.05, 0) is 43.3 Å². The first-order valence-corrected chi connectivity index (χ1v) is 7.20. The maximum atomic E-state index is 4.76. The van der Waals surface area contributed by atoms with Gasteiger partial charge < -0.3 is 5.32 Å². The standard InChI is InChI=1S/C18H19N3/c1-13-12-20-10-9-16(13)18(19-2)11-15-8-7-14-5-3-4-6-17(14)21-15/h3-10,12,18-19H,11H2,1-2H3. The zero-order valence-electron chi connectivity index (χ0n) is 12.4. The van der Waals surface area contributed by atoms with Gasteiger partial charge in [-0.25, -0.2) is 0 Å². The van der Waals surface area contributed by atoms with E-state index in [2.05, 4.69) is 47.6 Å². The van der Waals surface area contributed by atoms with Crippen molar-refractivity contribution in [1.82, 2.24) is 15.3 Å². The SMILES string of the molecule is CNC(Cc1ccc2ccccc2n1)c1ccncc1C. The van der Waals surface area contributed by atoms with Crippen molar-refractivity contribution < 1.29 is 0 Å². The second kappa shape index (κ2) is 6.02.